The molecule has 1 saturated heterocycles. The lowest BCUT2D eigenvalue weighted by atomic mass is 9.92. The Hall–Kier alpha value is -1.79. The Morgan fingerprint density at radius 1 is 1.43 bits per heavy atom. The van der Waals surface area contributed by atoms with Gasteiger partial charge in [-0.1, -0.05) is 6.92 Å². The maximum atomic E-state index is 12.4. The number of amides is 2. The van der Waals surface area contributed by atoms with E-state index in [2.05, 4.69) is 4.74 Å². The molecule has 0 aromatic rings. The average molecular weight is 300 g/mol. The number of ether oxygens (including phenoxy) is 1. The minimum atomic E-state index is -0.804. The zero-order valence-corrected chi connectivity index (χ0v) is 13.0. The van der Waals surface area contributed by atoms with E-state index in [4.69, 9.17) is 5.11 Å². The molecule has 120 valence electrons. The predicted octanol–water partition coefficient (Wildman–Crippen LogP) is 1.03. The standard InChI is InChI=1S/C14H24N2O5/c1-9(13(19)21-4)8-15(3)14(20)16-6-5-11(12(17)18)7-10(16)2/h9-11H,5-8H2,1-4H3,(H,17,18). The second-order valence-electron chi connectivity index (χ2n) is 5.69. The number of aliphatic carboxylic acids is 1. The van der Waals surface area contributed by atoms with Crippen molar-refractivity contribution >= 4 is 18.0 Å². The van der Waals surface area contributed by atoms with Gasteiger partial charge in [0.05, 0.1) is 18.9 Å². The first-order valence-electron chi connectivity index (χ1n) is 7.10. The van der Waals surface area contributed by atoms with Crippen LogP contribution in [0.3, 0.4) is 0 Å². The highest BCUT2D eigenvalue weighted by atomic mass is 16.5. The summed E-state index contributed by atoms with van der Waals surface area (Å²) in [5, 5.41) is 9.03. The Labute approximate surface area is 124 Å². The molecule has 3 unspecified atom stereocenters. The van der Waals surface area contributed by atoms with Crippen molar-refractivity contribution in [3.63, 3.8) is 0 Å². The predicted molar refractivity (Wildman–Crippen MR) is 75.7 cm³/mol. The molecule has 1 heterocycles. The Kier molecular flexibility index (Phi) is 5.99. The van der Waals surface area contributed by atoms with Gasteiger partial charge >= 0.3 is 18.0 Å². The van der Waals surface area contributed by atoms with E-state index in [1.165, 1.54) is 12.0 Å². The molecular weight excluding hydrogens is 276 g/mol. The van der Waals surface area contributed by atoms with Gasteiger partial charge in [-0.15, -0.1) is 0 Å². The fourth-order valence-electron chi connectivity index (χ4n) is 2.66. The summed E-state index contributed by atoms with van der Waals surface area (Å²) >= 11 is 0. The lowest BCUT2D eigenvalue weighted by Crippen LogP contribution is -2.51. The van der Waals surface area contributed by atoms with Crippen LogP contribution in [-0.2, 0) is 14.3 Å². The number of hydrogen-bond acceptors (Lipinski definition) is 4. The maximum absolute atomic E-state index is 12.4. The molecule has 0 aromatic heterocycles. The third kappa shape index (κ3) is 4.34. The largest absolute Gasteiger partial charge is 0.481 e. The van der Waals surface area contributed by atoms with Crippen LogP contribution >= 0.6 is 0 Å². The molecule has 0 aromatic carbocycles. The number of hydrogen-bond donors (Lipinski definition) is 1. The number of carboxylic acid groups (broad SMARTS) is 1. The van der Waals surface area contributed by atoms with Crippen LogP contribution < -0.4 is 0 Å². The van der Waals surface area contributed by atoms with Gasteiger partial charge in [0.1, 0.15) is 0 Å². The molecule has 2 amide bonds. The number of carbonyl (C=O) groups excluding carboxylic acids is 2. The molecule has 1 aliphatic heterocycles. The van der Waals surface area contributed by atoms with Crippen molar-refractivity contribution in [1.82, 2.24) is 9.80 Å². The van der Waals surface area contributed by atoms with Crippen molar-refractivity contribution in [3.8, 4) is 0 Å². The van der Waals surface area contributed by atoms with E-state index in [0.29, 0.717) is 19.4 Å². The quantitative estimate of drug-likeness (QED) is 0.784. The second kappa shape index (κ2) is 7.28. The molecule has 0 radical (unpaired) electrons. The third-order valence-electron chi connectivity index (χ3n) is 3.95. The Morgan fingerprint density at radius 2 is 2.05 bits per heavy atom. The first-order chi connectivity index (χ1) is 9.77. The van der Waals surface area contributed by atoms with Gasteiger partial charge in [-0.3, -0.25) is 9.59 Å². The first kappa shape index (κ1) is 17.3. The summed E-state index contributed by atoms with van der Waals surface area (Å²) in [6, 6.07) is -0.301. The van der Waals surface area contributed by atoms with E-state index in [1.54, 1.807) is 18.9 Å². The summed E-state index contributed by atoms with van der Waals surface area (Å²) < 4.78 is 4.64. The Bertz CT molecular complexity index is 412. The van der Waals surface area contributed by atoms with Crippen LogP contribution in [0.4, 0.5) is 4.79 Å². The van der Waals surface area contributed by atoms with E-state index < -0.39 is 11.9 Å². The molecule has 0 spiro atoms. The number of rotatable bonds is 4. The first-order valence-corrected chi connectivity index (χ1v) is 7.10. The molecule has 0 bridgehead atoms. The second-order valence-corrected chi connectivity index (χ2v) is 5.69. The van der Waals surface area contributed by atoms with Crippen LogP contribution in [0.5, 0.6) is 0 Å². The van der Waals surface area contributed by atoms with Crippen molar-refractivity contribution < 1.29 is 24.2 Å². The third-order valence-corrected chi connectivity index (χ3v) is 3.95. The molecule has 0 aliphatic carbocycles. The lowest BCUT2D eigenvalue weighted by Gasteiger charge is -2.38. The van der Waals surface area contributed by atoms with Crippen LogP contribution in [0.25, 0.3) is 0 Å². The number of methoxy groups -OCH3 is 1. The van der Waals surface area contributed by atoms with Gasteiger partial charge in [0, 0.05) is 26.2 Å². The van der Waals surface area contributed by atoms with Crippen molar-refractivity contribution in [2.45, 2.75) is 32.7 Å². The number of carbonyl (C=O) groups is 3. The van der Waals surface area contributed by atoms with Crippen LogP contribution in [0.1, 0.15) is 26.7 Å². The van der Waals surface area contributed by atoms with Crippen molar-refractivity contribution in [2.24, 2.45) is 11.8 Å². The number of urea groups is 1. The number of esters is 1. The summed E-state index contributed by atoms with van der Waals surface area (Å²) in [6.07, 6.45) is 0.924. The van der Waals surface area contributed by atoms with Crippen LogP contribution in [-0.4, -0.2) is 66.2 Å². The van der Waals surface area contributed by atoms with Gasteiger partial charge < -0.3 is 19.6 Å². The lowest BCUT2D eigenvalue weighted by molar-refractivity contribution is -0.145. The van der Waals surface area contributed by atoms with Crippen LogP contribution in [0, 0.1) is 11.8 Å². The zero-order valence-electron chi connectivity index (χ0n) is 13.0. The summed E-state index contributed by atoms with van der Waals surface area (Å²) in [7, 11) is 2.96. The van der Waals surface area contributed by atoms with E-state index >= 15 is 0 Å². The molecule has 7 heteroatoms. The summed E-state index contributed by atoms with van der Waals surface area (Å²) in [5.41, 5.74) is 0. The van der Waals surface area contributed by atoms with Crippen LogP contribution in [0.15, 0.2) is 0 Å². The zero-order chi connectivity index (χ0) is 16.2. The fraction of sp³-hybridized carbons (Fsp3) is 0.786. The van der Waals surface area contributed by atoms with E-state index in [-0.39, 0.29) is 30.5 Å². The number of piperidine rings is 1. The molecule has 21 heavy (non-hydrogen) atoms. The monoisotopic (exact) mass is 300 g/mol. The van der Waals surface area contributed by atoms with Crippen molar-refractivity contribution in [3.05, 3.63) is 0 Å². The summed E-state index contributed by atoms with van der Waals surface area (Å²) in [5.74, 6) is -1.94. The molecule has 7 nitrogen and oxygen atoms in total. The van der Waals surface area contributed by atoms with Gasteiger partial charge in [-0.05, 0) is 19.8 Å². The van der Waals surface area contributed by atoms with Crippen molar-refractivity contribution in [1.29, 1.82) is 0 Å². The van der Waals surface area contributed by atoms with Gasteiger partial charge in [-0.25, -0.2) is 4.79 Å². The van der Waals surface area contributed by atoms with Gasteiger partial charge in [0.25, 0.3) is 0 Å². The molecule has 3 atom stereocenters. The maximum Gasteiger partial charge on any atom is 0.320 e. The SMILES string of the molecule is COC(=O)C(C)CN(C)C(=O)N1CCC(C(=O)O)CC1C. The minimum Gasteiger partial charge on any atom is -0.481 e. The number of likely N-dealkylation sites (tertiary alicyclic amines) is 1. The van der Waals surface area contributed by atoms with E-state index in [9.17, 15) is 14.4 Å². The molecule has 1 rings (SSSR count). The molecule has 0 saturated carbocycles. The molecule has 1 aliphatic rings. The topological polar surface area (TPSA) is 87.2 Å². The highest BCUT2D eigenvalue weighted by molar-refractivity contribution is 5.77. The van der Waals surface area contributed by atoms with Gasteiger partial charge in [0.2, 0.25) is 0 Å². The summed E-state index contributed by atoms with van der Waals surface area (Å²) in [6.45, 7) is 4.26. The van der Waals surface area contributed by atoms with Crippen LogP contribution in [0.2, 0.25) is 0 Å². The highest BCUT2D eigenvalue weighted by Crippen LogP contribution is 2.24. The van der Waals surface area contributed by atoms with Crippen molar-refractivity contribution in [2.75, 3.05) is 27.2 Å². The minimum absolute atomic E-state index is 0.122. The normalized spacial score (nSPS) is 23.3. The molecule has 1 N–H and O–H groups in total. The van der Waals surface area contributed by atoms with Gasteiger partial charge in [-0.2, -0.15) is 0 Å². The number of nitrogens with zero attached hydrogens (tertiary/aromatic N) is 2. The highest BCUT2D eigenvalue weighted by Gasteiger charge is 2.33. The van der Waals surface area contributed by atoms with E-state index in [0.717, 1.165) is 0 Å². The van der Waals surface area contributed by atoms with E-state index in [1.807, 2.05) is 6.92 Å². The molecule has 1 fully saturated rings. The average Bonchev–Trinajstić information content (AvgIpc) is 2.45. The Morgan fingerprint density at radius 3 is 2.52 bits per heavy atom. The Balaban J connectivity index is 2.59. The summed E-state index contributed by atoms with van der Waals surface area (Å²) in [4.78, 5) is 37.9. The smallest absolute Gasteiger partial charge is 0.320 e. The fourth-order valence-corrected chi connectivity index (χ4v) is 2.66. The van der Waals surface area contributed by atoms with Gasteiger partial charge in [0.15, 0.2) is 0 Å². The molecular formula is C14H24N2O5. The number of carboxylic acids is 1.